The van der Waals surface area contributed by atoms with E-state index in [-0.39, 0.29) is 25.0 Å². The topological polar surface area (TPSA) is 126 Å². The van der Waals surface area contributed by atoms with E-state index in [1.165, 1.54) is 6.92 Å². The van der Waals surface area contributed by atoms with Crippen molar-refractivity contribution < 1.29 is 33.7 Å². The van der Waals surface area contributed by atoms with Crippen molar-refractivity contribution in [3.05, 3.63) is 102 Å². The molecule has 2 aliphatic heterocycles. The van der Waals surface area contributed by atoms with Gasteiger partial charge in [0, 0.05) is 38.4 Å². The van der Waals surface area contributed by atoms with Gasteiger partial charge in [0.2, 0.25) is 11.8 Å². The number of nitrogens with one attached hydrogen (secondary N) is 2. The summed E-state index contributed by atoms with van der Waals surface area (Å²) in [5.41, 5.74) is 2.17. The smallest absolute Gasteiger partial charge is 0.285 e. The van der Waals surface area contributed by atoms with Gasteiger partial charge in [0.25, 0.3) is 12.1 Å². The molecule has 3 aliphatic rings. The molecule has 234 valence electrons. The van der Waals surface area contributed by atoms with Gasteiger partial charge in [0.1, 0.15) is 17.9 Å². The molecule has 0 saturated carbocycles. The molecule has 0 aromatic heterocycles. The first-order valence-corrected chi connectivity index (χ1v) is 15.1. The predicted octanol–water partition coefficient (Wildman–Crippen LogP) is 3.02. The second-order valence-corrected chi connectivity index (χ2v) is 11.7. The summed E-state index contributed by atoms with van der Waals surface area (Å²) in [4.78, 5) is 41.8. The Kier molecular flexibility index (Phi) is 8.49. The lowest BCUT2D eigenvalue weighted by Crippen LogP contribution is -2.57. The number of benzene rings is 3. The van der Waals surface area contributed by atoms with Crippen LogP contribution in [0.25, 0.3) is 0 Å². The second-order valence-electron chi connectivity index (χ2n) is 11.7. The summed E-state index contributed by atoms with van der Waals surface area (Å²) in [7, 11) is 1.59. The van der Waals surface area contributed by atoms with Crippen LogP contribution < -0.4 is 24.8 Å². The Morgan fingerprint density at radius 3 is 2.49 bits per heavy atom. The van der Waals surface area contributed by atoms with Crippen molar-refractivity contribution in [3.8, 4) is 17.2 Å². The molecule has 3 amide bonds. The molecule has 10 heteroatoms. The van der Waals surface area contributed by atoms with E-state index in [1.54, 1.807) is 42.4 Å². The molecule has 5 unspecified atom stereocenters. The fraction of sp³-hybridized carbons (Fsp3) is 0.343. The Morgan fingerprint density at radius 1 is 1.04 bits per heavy atom. The summed E-state index contributed by atoms with van der Waals surface area (Å²) in [6.45, 7) is 1.95. The molecule has 0 saturated heterocycles. The van der Waals surface area contributed by atoms with Crippen LogP contribution in [0, 0.1) is 0 Å². The third-order valence-electron chi connectivity index (χ3n) is 8.74. The van der Waals surface area contributed by atoms with Crippen molar-refractivity contribution in [3.63, 3.8) is 0 Å². The average Bonchev–Trinajstić information content (AvgIpc) is 3.27. The van der Waals surface area contributed by atoms with Crippen molar-refractivity contribution in [1.29, 1.82) is 0 Å². The predicted molar refractivity (Wildman–Crippen MR) is 166 cm³/mol. The summed E-state index contributed by atoms with van der Waals surface area (Å²) in [5.74, 6) is 0.318. The van der Waals surface area contributed by atoms with Crippen LogP contribution in [0.4, 0.5) is 0 Å². The molecule has 1 spiro atoms. The minimum atomic E-state index is -1.36. The fourth-order valence-electron chi connectivity index (χ4n) is 6.60. The van der Waals surface area contributed by atoms with E-state index >= 15 is 0 Å². The number of hydrogen-bond donors (Lipinski definition) is 3. The highest BCUT2D eigenvalue weighted by atomic mass is 16.5. The monoisotopic (exact) mass is 611 g/mol. The number of para-hydroxylation sites is 1. The maximum absolute atomic E-state index is 14.3. The van der Waals surface area contributed by atoms with Gasteiger partial charge in [0.15, 0.2) is 11.5 Å². The quantitative estimate of drug-likeness (QED) is 0.251. The highest BCUT2D eigenvalue weighted by Crippen LogP contribution is 2.55. The van der Waals surface area contributed by atoms with Crippen LogP contribution in [-0.2, 0) is 32.8 Å². The summed E-state index contributed by atoms with van der Waals surface area (Å²) < 4.78 is 18.2. The zero-order valence-electron chi connectivity index (χ0n) is 25.3. The van der Waals surface area contributed by atoms with E-state index in [0.29, 0.717) is 36.6 Å². The van der Waals surface area contributed by atoms with Gasteiger partial charge in [-0.05, 0) is 35.7 Å². The lowest BCUT2D eigenvalue weighted by Gasteiger charge is -2.36. The number of ether oxygens (including phenoxy) is 3. The van der Waals surface area contributed by atoms with Crippen molar-refractivity contribution in [2.75, 3.05) is 13.7 Å². The molecule has 3 aromatic rings. The number of carbonyl (C=O) groups is 3. The van der Waals surface area contributed by atoms with E-state index in [4.69, 9.17) is 14.2 Å². The van der Waals surface area contributed by atoms with Gasteiger partial charge in [0.05, 0.1) is 18.6 Å². The Hall–Kier alpha value is -4.83. The van der Waals surface area contributed by atoms with Crippen LogP contribution in [0.1, 0.15) is 36.5 Å². The number of nitrogens with zero attached hydrogens (tertiary/aromatic N) is 1. The van der Waals surface area contributed by atoms with Crippen molar-refractivity contribution in [1.82, 2.24) is 15.5 Å². The van der Waals surface area contributed by atoms with E-state index in [0.717, 1.165) is 16.7 Å². The maximum Gasteiger partial charge on any atom is 0.285 e. The van der Waals surface area contributed by atoms with E-state index < -0.39 is 35.6 Å². The number of carbonyl (C=O) groups excluding carboxylic acids is 3. The molecule has 1 aliphatic carbocycles. The number of aliphatic hydroxyl groups excluding tert-OH is 1. The zero-order valence-corrected chi connectivity index (χ0v) is 25.3. The van der Waals surface area contributed by atoms with Crippen LogP contribution in [0.2, 0.25) is 0 Å². The zero-order chi connectivity index (χ0) is 31.6. The number of rotatable bonds is 9. The van der Waals surface area contributed by atoms with Crippen molar-refractivity contribution in [2.45, 2.75) is 62.6 Å². The standard InChI is InChI=1S/C35H37N3O7/c1-22(39)36-27(19-23-9-5-3-6-10-23)32(41)37-33(44-26-11-7-4-8-12-26)34(42)38-18-17-35-16-15-25(40)20-29(35)45-31-28(43-2)14-13-24(21-38)30(31)35/h3-16,25,27,29,33,40H,17-21H2,1-2H3,(H,36,39)(H,37,41). The second kappa shape index (κ2) is 12.6. The third-order valence-corrected chi connectivity index (χ3v) is 8.74. The van der Waals surface area contributed by atoms with Crippen molar-refractivity contribution >= 4 is 17.7 Å². The normalized spacial score (nSPS) is 22.5. The van der Waals surface area contributed by atoms with Gasteiger partial charge >= 0.3 is 0 Å². The molecule has 5 atom stereocenters. The van der Waals surface area contributed by atoms with Gasteiger partial charge in [-0.15, -0.1) is 0 Å². The summed E-state index contributed by atoms with van der Waals surface area (Å²) in [6.07, 6.45) is 2.70. The molecular weight excluding hydrogens is 574 g/mol. The maximum atomic E-state index is 14.3. The Bertz CT molecular complexity index is 1600. The Morgan fingerprint density at radius 2 is 1.78 bits per heavy atom. The highest BCUT2D eigenvalue weighted by molar-refractivity contribution is 5.91. The minimum absolute atomic E-state index is 0.238. The van der Waals surface area contributed by atoms with Crippen LogP contribution in [-0.4, -0.2) is 65.9 Å². The van der Waals surface area contributed by atoms with Crippen molar-refractivity contribution in [2.24, 2.45) is 0 Å². The molecule has 3 N–H and O–H groups in total. The van der Waals surface area contributed by atoms with Crippen LogP contribution in [0.5, 0.6) is 17.2 Å². The first-order chi connectivity index (χ1) is 21.8. The molecule has 0 bridgehead atoms. The minimum Gasteiger partial charge on any atom is -0.493 e. The molecule has 0 radical (unpaired) electrons. The molecule has 45 heavy (non-hydrogen) atoms. The number of amides is 3. The van der Waals surface area contributed by atoms with Gasteiger partial charge in [-0.1, -0.05) is 66.7 Å². The van der Waals surface area contributed by atoms with Gasteiger partial charge in [-0.25, -0.2) is 0 Å². The number of aliphatic hydroxyl groups is 1. The van der Waals surface area contributed by atoms with Crippen LogP contribution >= 0.6 is 0 Å². The van der Waals surface area contributed by atoms with Gasteiger partial charge in [-0.3, -0.25) is 14.4 Å². The van der Waals surface area contributed by atoms with Gasteiger partial charge in [-0.2, -0.15) is 0 Å². The van der Waals surface area contributed by atoms with E-state index in [1.807, 2.05) is 54.6 Å². The Balaban J connectivity index is 1.30. The van der Waals surface area contributed by atoms with Gasteiger partial charge < -0.3 is 34.9 Å². The number of hydrogen-bond acceptors (Lipinski definition) is 7. The lowest BCUT2D eigenvalue weighted by atomic mass is 9.69. The molecule has 0 fully saturated rings. The SMILES string of the molecule is COc1ccc2c3c1OC1CC(O)C=CC31CCN(C(=O)C(NC(=O)C(Cc1ccccc1)NC(C)=O)Oc1ccccc1)C2. The van der Waals surface area contributed by atoms with Crippen LogP contribution in [0.15, 0.2) is 84.9 Å². The summed E-state index contributed by atoms with van der Waals surface area (Å²) in [6, 6.07) is 21.0. The largest absolute Gasteiger partial charge is 0.493 e. The van der Waals surface area contributed by atoms with E-state index in [2.05, 4.69) is 10.6 Å². The fourth-order valence-corrected chi connectivity index (χ4v) is 6.60. The molecule has 2 heterocycles. The summed E-state index contributed by atoms with van der Waals surface area (Å²) in [5, 5.41) is 15.9. The van der Waals surface area contributed by atoms with Crippen LogP contribution in [0.3, 0.4) is 0 Å². The summed E-state index contributed by atoms with van der Waals surface area (Å²) >= 11 is 0. The molecule has 3 aromatic carbocycles. The first kappa shape index (κ1) is 30.2. The Labute approximate surface area is 262 Å². The first-order valence-electron chi connectivity index (χ1n) is 15.1. The molecule has 10 nitrogen and oxygen atoms in total. The molecular formula is C35H37N3O7. The lowest BCUT2D eigenvalue weighted by molar-refractivity contribution is -0.145. The third kappa shape index (κ3) is 6.10. The average molecular weight is 612 g/mol. The number of methoxy groups -OCH3 is 1. The van der Waals surface area contributed by atoms with E-state index in [9.17, 15) is 19.5 Å². The highest BCUT2D eigenvalue weighted by Gasteiger charge is 2.53. The molecule has 6 rings (SSSR count).